The zero-order valence-electron chi connectivity index (χ0n) is 16.1. The van der Waals surface area contributed by atoms with Crippen molar-refractivity contribution in [2.75, 3.05) is 0 Å². The Morgan fingerprint density at radius 3 is 2.17 bits per heavy atom. The van der Waals surface area contributed by atoms with Gasteiger partial charge in [0.05, 0.1) is 6.10 Å². The van der Waals surface area contributed by atoms with E-state index in [1.165, 1.54) is 38.5 Å². The molecule has 0 aromatic carbocycles. The molecule has 0 unspecified atom stereocenters. The molecule has 4 fully saturated rings. The summed E-state index contributed by atoms with van der Waals surface area (Å²) >= 11 is 0. The van der Waals surface area contributed by atoms with E-state index in [1.54, 1.807) is 0 Å². The largest absolute Gasteiger partial charge is 0.393 e. The fourth-order valence-electron chi connectivity index (χ4n) is 8.58. The molecule has 4 saturated carbocycles. The highest BCUT2D eigenvalue weighted by Crippen LogP contribution is 2.72. The van der Waals surface area contributed by atoms with E-state index in [2.05, 4.69) is 20.8 Å². The molecule has 0 aliphatic heterocycles. The average molecular weight is 333 g/mol. The molecule has 4 aliphatic carbocycles. The van der Waals surface area contributed by atoms with Crippen LogP contribution >= 0.6 is 0 Å². The molecule has 4 rings (SSSR count). The molecule has 0 radical (unpaired) electrons. The van der Waals surface area contributed by atoms with Crippen molar-refractivity contribution < 1.29 is 9.90 Å². The van der Waals surface area contributed by atoms with Crippen LogP contribution in [0.5, 0.6) is 0 Å². The molecular weight excluding hydrogens is 296 g/mol. The van der Waals surface area contributed by atoms with Gasteiger partial charge in [0.15, 0.2) is 0 Å². The van der Waals surface area contributed by atoms with Crippen molar-refractivity contribution in [2.24, 2.45) is 39.9 Å². The van der Waals surface area contributed by atoms with Gasteiger partial charge in [-0.15, -0.1) is 0 Å². The lowest BCUT2D eigenvalue weighted by atomic mass is 9.39. The fourth-order valence-corrected chi connectivity index (χ4v) is 8.58. The molecule has 0 saturated heterocycles. The standard InChI is InChI=1S/C22H36O2/c1-14(23)17-5-6-18-21(17,3)12-9-19-20(2)11-8-16(24)13-15(20)7-10-22(18,19)4/h15-19,24H,5-13H2,1-4H3/t15-,16-,17+,18+,19+,20-,21+,22-/m0/s1. The Kier molecular flexibility index (Phi) is 3.78. The topological polar surface area (TPSA) is 37.3 Å². The highest BCUT2D eigenvalue weighted by atomic mass is 16.3. The van der Waals surface area contributed by atoms with Gasteiger partial charge in [-0.25, -0.2) is 0 Å². The summed E-state index contributed by atoms with van der Waals surface area (Å²) in [6, 6.07) is 0. The van der Waals surface area contributed by atoms with Crippen LogP contribution < -0.4 is 0 Å². The molecule has 0 aromatic heterocycles. The number of carbonyl (C=O) groups is 1. The van der Waals surface area contributed by atoms with Crippen molar-refractivity contribution in [3.63, 3.8) is 0 Å². The molecule has 8 atom stereocenters. The fraction of sp³-hybridized carbons (Fsp3) is 0.955. The minimum atomic E-state index is -0.0603. The van der Waals surface area contributed by atoms with Crippen LogP contribution in [0.1, 0.15) is 85.5 Å². The third-order valence-corrected chi connectivity index (χ3v) is 9.72. The van der Waals surface area contributed by atoms with Crippen molar-refractivity contribution >= 4 is 5.78 Å². The quantitative estimate of drug-likeness (QED) is 0.735. The summed E-state index contributed by atoms with van der Waals surface area (Å²) in [6.07, 6.45) is 10.7. The Balaban J connectivity index is 1.68. The summed E-state index contributed by atoms with van der Waals surface area (Å²) in [5.74, 6) is 2.97. The van der Waals surface area contributed by atoms with Gasteiger partial charge in [-0.05, 0) is 98.7 Å². The van der Waals surface area contributed by atoms with Gasteiger partial charge in [-0.1, -0.05) is 20.8 Å². The van der Waals surface area contributed by atoms with Crippen LogP contribution in [0.15, 0.2) is 0 Å². The van der Waals surface area contributed by atoms with Crippen LogP contribution in [0.2, 0.25) is 0 Å². The Bertz CT molecular complexity index is 542. The number of fused-ring (bicyclic) bond motifs is 5. The van der Waals surface area contributed by atoms with Crippen molar-refractivity contribution in [3.8, 4) is 0 Å². The molecule has 2 heteroatoms. The maximum Gasteiger partial charge on any atom is 0.133 e. The van der Waals surface area contributed by atoms with E-state index in [4.69, 9.17) is 0 Å². The third kappa shape index (κ3) is 2.07. The van der Waals surface area contributed by atoms with Gasteiger partial charge >= 0.3 is 0 Å². The van der Waals surface area contributed by atoms with Crippen LogP contribution in [-0.2, 0) is 4.79 Å². The third-order valence-electron chi connectivity index (χ3n) is 9.72. The molecular formula is C22H36O2. The summed E-state index contributed by atoms with van der Waals surface area (Å²) < 4.78 is 0. The van der Waals surface area contributed by atoms with E-state index in [1.807, 2.05) is 6.92 Å². The average Bonchev–Trinajstić information content (AvgIpc) is 2.87. The monoisotopic (exact) mass is 332 g/mol. The van der Waals surface area contributed by atoms with Crippen molar-refractivity contribution in [2.45, 2.75) is 91.6 Å². The summed E-state index contributed by atoms with van der Waals surface area (Å²) in [7, 11) is 0. The van der Waals surface area contributed by atoms with Crippen molar-refractivity contribution in [1.82, 2.24) is 0 Å². The molecule has 0 spiro atoms. The van der Waals surface area contributed by atoms with Crippen molar-refractivity contribution in [3.05, 3.63) is 0 Å². The predicted molar refractivity (Wildman–Crippen MR) is 96.5 cm³/mol. The predicted octanol–water partition coefficient (Wildman–Crippen LogP) is 4.99. The van der Waals surface area contributed by atoms with Crippen LogP contribution in [-0.4, -0.2) is 17.0 Å². The SMILES string of the molecule is CC(=O)[C@H]1CC[C@H]2[C@]3(C)CC[C@H]4C[C@@H](O)CC[C@]4(C)[C@H]3CC[C@@]21C. The molecule has 0 aromatic rings. The number of carbonyl (C=O) groups excluding carboxylic acids is 1. The maximum absolute atomic E-state index is 12.3. The summed E-state index contributed by atoms with van der Waals surface area (Å²) in [6.45, 7) is 9.39. The molecule has 0 heterocycles. The van der Waals surface area contributed by atoms with Gasteiger partial charge < -0.3 is 5.11 Å². The number of rotatable bonds is 1. The lowest BCUT2D eigenvalue weighted by Gasteiger charge is -2.65. The molecule has 0 bridgehead atoms. The maximum atomic E-state index is 12.3. The number of aliphatic hydroxyl groups excluding tert-OH is 1. The van der Waals surface area contributed by atoms with Gasteiger partial charge in [0.1, 0.15) is 5.78 Å². The Hall–Kier alpha value is -0.370. The first kappa shape index (κ1) is 17.1. The number of hydrogen-bond donors (Lipinski definition) is 1. The zero-order chi connectivity index (χ0) is 17.3. The summed E-state index contributed by atoms with van der Waals surface area (Å²) in [4.78, 5) is 12.3. The molecule has 4 aliphatic rings. The van der Waals surface area contributed by atoms with Gasteiger partial charge in [-0.3, -0.25) is 4.79 Å². The van der Waals surface area contributed by atoms with E-state index in [0.29, 0.717) is 28.4 Å². The summed E-state index contributed by atoms with van der Waals surface area (Å²) in [5, 5.41) is 10.2. The molecule has 1 N–H and O–H groups in total. The second kappa shape index (κ2) is 5.32. The van der Waals surface area contributed by atoms with Gasteiger partial charge in [0, 0.05) is 5.92 Å². The second-order valence-corrected chi connectivity index (χ2v) is 10.6. The highest BCUT2D eigenvalue weighted by Gasteiger charge is 2.65. The van der Waals surface area contributed by atoms with E-state index < -0.39 is 0 Å². The van der Waals surface area contributed by atoms with Crippen molar-refractivity contribution in [1.29, 1.82) is 0 Å². The Labute approximate surface area is 147 Å². The lowest BCUT2D eigenvalue weighted by molar-refractivity contribution is -0.175. The first-order valence-electron chi connectivity index (χ1n) is 10.4. The van der Waals surface area contributed by atoms with Crippen LogP contribution in [0, 0.1) is 39.9 Å². The minimum Gasteiger partial charge on any atom is -0.393 e. The van der Waals surface area contributed by atoms with E-state index >= 15 is 0 Å². The number of Topliss-reactive ketones (excluding diaryl/α,β-unsaturated/α-hetero) is 1. The molecule has 136 valence electrons. The smallest absolute Gasteiger partial charge is 0.133 e. The first-order valence-corrected chi connectivity index (χ1v) is 10.4. The van der Waals surface area contributed by atoms with Gasteiger partial charge in [-0.2, -0.15) is 0 Å². The molecule has 24 heavy (non-hydrogen) atoms. The highest BCUT2D eigenvalue weighted by molar-refractivity contribution is 5.79. The second-order valence-electron chi connectivity index (χ2n) is 10.6. The summed E-state index contributed by atoms with van der Waals surface area (Å²) in [5.41, 5.74) is 1.07. The number of hydrogen-bond acceptors (Lipinski definition) is 2. The van der Waals surface area contributed by atoms with E-state index in [0.717, 1.165) is 31.1 Å². The zero-order valence-corrected chi connectivity index (χ0v) is 16.1. The number of ketones is 1. The van der Waals surface area contributed by atoms with E-state index in [9.17, 15) is 9.90 Å². The van der Waals surface area contributed by atoms with Crippen LogP contribution in [0.25, 0.3) is 0 Å². The van der Waals surface area contributed by atoms with Gasteiger partial charge in [0.2, 0.25) is 0 Å². The lowest BCUT2D eigenvalue weighted by Crippen LogP contribution is -2.59. The first-order chi connectivity index (χ1) is 11.2. The Morgan fingerprint density at radius 2 is 1.46 bits per heavy atom. The molecule has 0 amide bonds. The minimum absolute atomic E-state index is 0.0603. The Morgan fingerprint density at radius 1 is 0.833 bits per heavy atom. The molecule has 2 nitrogen and oxygen atoms in total. The normalized spacial score (nSPS) is 57.0. The number of aliphatic hydroxyl groups is 1. The van der Waals surface area contributed by atoms with Crippen LogP contribution in [0.4, 0.5) is 0 Å². The van der Waals surface area contributed by atoms with E-state index in [-0.39, 0.29) is 11.5 Å². The van der Waals surface area contributed by atoms with Crippen LogP contribution in [0.3, 0.4) is 0 Å². The van der Waals surface area contributed by atoms with Gasteiger partial charge in [0.25, 0.3) is 0 Å².